The van der Waals surface area contributed by atoms with Crippen molar-refractivity contribution in [1.29, 1.82) is 0 Å². The van der Waals surface area contributed by atoms with Crippen molar-refractivity contribution < 1.29 is 33.2 Å². The average Bonchev–Trinajstić information content (AvgIpc) is 3.21. The molecule has 0 spiro atoms. The maximum atomic E-state index is 12.2. The van der Waals surface area contributed by atoms with Gasteiger partial charge in [0.25, 0.3) is 5.17 Å². The van der Waals surface area contributed by atoms with Crippen LogP contribution in [0.15, 0.2) is 18.7 Å². The highest BCUT2D eigenvalue weighted by Crippen LogP contribution is 2.39. The molecule has 138 valence electrons. The molecule has 25 heavy (non-hydrogen) atoms. The van der Waals surface area contributed by atoms with Gasteiger partial charge in [0, 0.05) is 19.5 Å². The van der Waals surface area contributed by atoms with Crippen molar-refractivity contribution in [2.75, 3.05) is 14.2 Å². The summed E-state index contributed by atoms with van der Waals surface area (Å²) < 4.78 is 35.0. The Bertz CT molecular complexity index is 636. The number of carbonyl (C=O) groups excluding carboxylic acids is 1. The zero-order chi connectivity index (χ0) is 18.2. The number of rotatable bonds is 3. The fourth-order valence-corrected chi connectivity index (χ4v) is 3.14. The van der Waals surface area contributed by atoms with Crippen LogP contribution in [0.5, 0.6) is 0 Å². The summed E-state index contributed by atoms with van der Waals surface area (Å²) in [5, 5.41) is 0.0999. The number of thiocarbonyl (C=S) groups is 1. The second-order valence-corrected chi connectivity index (χ2v) is 6.42. The number of aromatic nitrogens is 2. The summed E-state index contributed by atoms with van der Waals surface area (Å²) in [6.07, 6.45) is 0.686. The summed E-state index contributed by atoms with van der Waals surface area (Å²) in [7, 11) is 2.73. The van der Waals surface area contributed by atoms with E-state index >= 15 is 0 Å². The van der Waals surface area contributed by atoms with Gasteiger partial charge in [0.1, 0.15) is 18.5 Å². The lowest BCUT2D eigenvalue weighted by atomic mass is 9.98. The van der Waals surface area contributed by atoms with E-state index in [0.717, 1.165) is 0 Å². The zero-order valence-corrected chi connectivity index (χ0v) is 15.1. The maximum absolute atomic E-state index is 12.2. The van der Waals surface area contributed by atoms with Gasteiger partial charge in [-0.2, -0.15) is 0 Å². The van der Waals surface area contributed by atoms with Crippen LogP contribution >= 0.6 is 12.2 Å². The van der Waals surface area contributed by atoms with E-state index < -0.39 is 42.5 Å². The van der Waals surface area contributed by atoms with Gasteiger partial charge in [0.15, 0.2) is 24.3 Å². The molecule has 0 radical (unpaired) electrons. The molecule has 10 heteroatoms. The number of ether oxygens (including phenoxy) is 6. The molecular formula is C15H20N2O7S. The molecule has 0 aliphatic carbocycles. The summed E-state index contributed by atoms with van der Waals surface area (Å²) in [6.45, 7) is 3.52. The summed E-state index contributed by atoms with van der Waals surface area (Å²) in [5.74, 6) is -1.51. The molecule has 0 saturated carbocycles. The Labute approximate surface area is 150 Å². The van der Waals surface area contributed by atoms with E-state index in [2.05, 4.69) is 4.98 Å². The number of esters is 1. The molecule has 2 fully saturated rings. The number of nitrogens with zero attached hydrogens (tertiary/aromatic N) is 2. The second-order valence-electron chi connectivity index (χ2n) is 6.07. The number of fused-ring (bicyclic) bond motifs is 1. The van der Waals surface area contributed by atoms with Crippen molar-refractivity contribution in [2.45, 2.75) is 50.3 Å². The molecule has 9 nitrogen and oxygen atoms in total. The van der Waals surface area contributed by atoms with E-state index in [4.69, 9.17) is 40.6 Å². The Balaban J connectivity index is 1.89. The van der Waals surface area contributed by atoms with Gasteiger partial charge < -0.3 is 28.4 Å². The van der Waals surface area contributed by atoms with E-state index in [1.165, 1.54) is 25.1 Å². The molecule has 3 rings (SSSR count). The zero-order valence-electron chi connectivity index (χ0n) is 14.3. The molecule has 1 aromatic rings. The first kappa shape index (κ1) is 18.2. The average molecular weight is 372 g/mol. The van der Waals surface area contributed by atoms with E-state index in [9.17, 15) is 4.79 Å². The molecule has 0 N–H and O–H groups in total. The minimum Gasteiger partial charge on any atom is -0.467 e. The standard InChI is InChI=1S/C15H20N2O7S/c1-15(2)23-9-8(22-14(25)17-6-5-16-7-17)10(12(18)19-3)21-13(20-4)11(9)24-15/h5-11,13H,1-4H3/t8-,9-,10-,11-,13-/m0/s1. The van der Waals surface area contributed by atoms with Gasteiger partial charge in [0.05, 0.1) is 7.11 Å². The van der Waals surface area contributed by atoms with Gasteiger partial charge in [-0.15, -0.1) is 0 Å². The molecule has 0 bridgehead atoms. The third-order valence-electron chi connectivity index (χ3n) is 3.95. The first-order valence-electron chi connectivity index (χ1n) is 7.67. The van der Waals surface area contributed by atoms with Crippen LogP contribution in [0, 0.1) is 0 Å². The highest BCUT2D eigenvalue weighted by molar-refractivity contribution is 7.80. The number of hydrogen-bond donors (Lipinski definition) is 0. The van der Waals surface area contributed by atoms with E-state index in [-0.39, 0.29) is 5.17 Å². The maximum Gasteiger partial charge on any atom is 0.339 e. The number of hydrogen-bond acceptors (Lipinski definition) is 9. The molecule has 0 amide bonds. The van der Waals surface area contributed by atoms with Crippen molar-refractivity contribution in [3.8, 4) is 0 Å². The Morgan fingerprint density at radius 3 is 2.60 bits per heavy atom. The van der Waals surface area contributed by atoms with E-state index in [1.54, 1.807) is 26.2 Å². The van der Waals surface area contributed by atoms with Crippen LogP contribution in [0.1, 0.15) is 13.8 Å². The molecule has 0 unspecified atom stereocenters. The first-order chi connectivity index (χ1) is 11.9. The lowest BCUT2D eigenvalue weighted by Crippen LogP contribution is -2.60. The SMILES string of the molecule is COC(=O)[C@H]1O[C@H](OC)[C@H]2OC(C)(C)O[C@H]2[C@@H]1OC(=S)n1ccnc1. The topological polar surface area (TPSA) is 90.3 Å². The van der Waals surface area contributed by atoms with Crippen LogP contribution < -0.4 is 0 Å². The first-order valence-corrected chi connectivity index (χ1v) is 8.08. The lowest BCUT2D eigenvalue weighted by Gasteiger charge is -2.39. The molecule has 5 atom stereocenters. The normalized spacial score (nSPS) is 33.5. The molecule has 2 aliphatic heterocycles. The third kappa shape index (κ3) is 3.53. The van der Waals surface area contributed by atoms with Crippen molar-refractivity contribution in [2.24, 2.45) is 0 Å². The quantitative estimate of drug-likeness (QED) is 0.554. The van der Waals surface area contributed by atoms with E-state index in [0.29, 0.717) is 0 Å². The van der Waals surface area contributed by atoms with Crippen molar-refractivity contribution >= 4 is 23.4 Å². The van der Waals surface area contributed by atoms with Gasteiger partial charge in [-0.25, -0.2) is 9.78 Å². The van der Waals surface area contributed by atoms with Gasteiger partial charge in [-0.1, -0.05) is 0 Å². The van der Waals surface area contributed by atoms with Gasteiger partial charge in [0.2, 0.25) is 0 Å². The highest BCUT2D eigenvalue weighted by atomic mass is 32.1. The van der Waals surface area contributed by atoms with Crippen molar-refractivity contribution in [1.82, 2.24) is 9.55 Å². The Morgan fingerprint density at radius 1 is 1.28 bits per heavy atom. The Morgan fingerprint density at radius 2 is 2.00 bits per heavy atom. The molecular weight excluding hydrogens is 352 g/mol. The van der Waals surface area contributed by atoms with Gasteiger partial charge >= 0.3 is 5.97 Å². The third-order valence-corrected chi connectivity index (χ3v) is 4.26. The van der Waals surface area contributed by atoms with Crippen LogP contribution in [0.2, 0.25) is 0 Å². The fourth-order valence-electron chi connectivity index (χ4n) is 2.92. The molecule has 0 aromatic carbocycles. The van der Waals surface area contributed by atoms with Crippen LogP contribution in [0.4, 0.5) is 0 Å². The molecule has 3 heterocycles. The molecule has 2 saturated heterocycles. The summed E-state index contributed by atoms with van der Waals surface area (Å²) in [5.41, 5.74) is 0. The Kier molecular flexibility index (Phi) is 5.07. The smallest absolute Gasteiger partial charge is 0.339 e. The predicted molar refractivity (Wildman–Crippen MR) is 86.6 cm³/mol. The summed E-state index contributed by atoms with van der Waals surface area (Å²) in [6, 6.07) is 0. The minimum absolute atomic E-state index is 0.0999. The number of carbonyl (C=O) groups is 1. The van der Waals surface area contributed by atoms with E-state index in [1.807, 2.05) is 0 Å². The summed E-state index contributed by atoms with van der Waals surface area (Å²) >= 11 is 5.27. The summed E-state index contributed by atoms with van der Waals surface area (Å²) in [4.78, 5) is 16.1. The van der Waals surface area contributed by atoms with Gasteiger partial charge in [-0.3, -0.25) is 4.57 Å². The molecule has 1 aromatic heterocycles. The lowest BCUT2D eigenvalue weighted by molar-refractivity contribution is -0.265. The largest absolute Gasteiger partial charge is 0.467 e. The van der Waals surface area contributed by atoms with Gasteiger partial charge in [-0.05, 0) is 26.1 Å². The van der Waals surface area contributed by atoms with Crippen LogP contribution in [0.3, 0.4) is 0 Å². The van der Waals surface area contributed by atoms with Crippen molar-refractivity contribution in [3.05, 3.63) is 18.7 Å². The predicted octanol–water partition coefficient (Wildman–Crippen LogP) is 0.466. The molecule has 2 aliphatic rings. The van der Waals surface area contributed by atoms with Crippen LogP contribution in [-0.2, 0) is 33.2 Å². The van der Waals surface area contributed by atoms with Crippen molar-refractivity contribution in [3.63, 3.8) is 0 Å². The second kappa shape index (κ2) is 6.96. The Hall–Kier alpha value is -1.59. The van der Waals surface area contributed by atoms with Crippen LogP contribution in [-0.4, -0.2) is 71.4 Å². The minimum atomic E-state index is -1.09. The van der Waals surface area contributed by atoms with Crippen LogP contribution in [0.25, 0.3) is 0 Å². The number of methoxy groups -OCH3 is 2. The highest BCUT2D eigenvalue weighted by Gasteiger charge is 2.59. The monoisotopic (exact) mass is 372 g/mol. The number of imidazole rings is 1. The fraction of sp³-hybridized carbons (Fsp3) is 0.667.